The number of aromatic nitrogens is 3. The van der Waals surface area contributed by atoms with Gasteiger partial charge in [0.05, 0.1) is 0 Å². The van der Waals surface area contributed by atoms with Crippen LogP contribution in [0.1, 0.15) is 44.9 Å². The van der Waals surface area contributed by atoms with E-state index in [0.29, 0.717) is 0 Å². The van der Waals surface area contributed by atoms with E-state index in [1.54, 1.807) is 6.33 Å². The summed E-state index contributed by atoms with van der Waals surface area (Å²) in [6, 6.07) is 0. The Kier molecular flexibility index (Phi) is 5.17. The first-order valence-electron chi connectivity index (χ1n) is 7.34. The van der Waals surface area contributed by atoms with Crippen molar-refractivity contribution in [1.82, 2.24) is 20.1 Å². The van der Waals surface area contributed by atoms with Gasteiger partial charge in [0.1, 0.15) is 12.2 Å². The zero-order valence-corrected chi connectivity index (χ0v) is 11.7. The Balaban J connectivity index is 1.98. The molecule has 0 radical (unpaired) electrons. The Labute approximate surface area is 110 Å². The molecule has 0 aliphatic heterocycles. The lowest BCUT2D eigenvalue weighted by molar-refractivity contribution is 0.293. The molecule has 1 aromatic heterocycles. The molecule has 0 aromatic carbocycles. The van der Waals surface area contributed by atoms with Crippen LogP contribution >= 0.6 is 0 Å². The summed E-state index contributed by atoms with van der Waals surface area (Å²) in [6.45, 7) is 4.43. The highest BCUT2D eigenvalue weighted by Crippen LogP contribution is 2.30. The summed E-state index contributed by atoms with van der Waals surface area (Å²) < 4.78 is 1.93. The highest BCUT2D eigenvalue weighted by atomic mass is 15.3. The molecule has 1 aliphatic carbocycles. The lowest BCUT2D eigenvalue weighted by atomic mass is 9.85. The van der Waals surface area contributed by atoms with Gasteiger partial charge in [-0.25, -0.2) is 4.98 Å². The number of aryl methyl sites for hydroxylation is 1. The Hall–Kier alpha value is -0.900. The van der Waals surface area contributed by atoms with Gasteiger partial charge in [0, 0.05) is 13.5 Å². The largest absolute Gasteiger partial charge is 0.317 e. The van der Waals surface area contributed by atoms with Crippen LogP contribution in [0.3, 0.4) is 0 Å². The molecular formula is C14H26N4. The van der Waals surface area contributed by atoms with E-state index in [1.807, 2.05) is 11.7 Å². The number of hydrogen-bond acceptors (Lipinski definition) is 3. The zero-order chi connectivity index (χ0) is 12.8. The minimum absolute atomic E-state index is 0.773. The van der Waals surface area contributed by atoms with E-state index in [-0.39, 0.29) is 0 Å². The Bertz CT molecular complexity index is 347. The van der Waals surface area contributed by atoms with Gasteiger partial charge in [0.2, 0.25) is 0 Å². The molecular weight excluding hydrogens is 224 g/mol. The molecule has 0 saturated heterocycles. The third-order valence-electron chi connectivity index (χ3n) is 4.22. The standard InChI is InChI=1S/C14H26N4/c1-3-15-10-13-8-6-4-5-7-12(13)9-14-16-11-17-18(14)2/h11-13,15H,3-10H2,1-2H3. The van der Waals surface area contributed by atoms with E-state index in [0.717, 1.165) is 30.6 Å². The van der Waals surface area contributed by atoms with Crippen molar-refractivity contribution < 1.29 is 0 Å². The molecule has 1 N–H and O–H groups in total. The lowest BCUT2D eigenvalue weighted by Crippen LogP contribution is -2.29. The molecule has 102 valence electrons. The van der Waals surface area contributed by atoms with Crippen molar-refractivity contribution in [3.05, 3.63) is 12.2 Å². The van der Waals surface area contributed by atoms with Crippen molar-refractivity contribution in [2.45, 2.75) is 45.4 Å². The van der Waals surface area contributed by atoms with E-state index in [9.17, 15) is 0 Å². The first-order chi connectivity index (χ1) is 8.81. The number of rotatable bonds is 5. The summed E-state index contributed by atoms with van der Waals surface area (Å²) in [7, 11) is 2.00. The highest BCUT2D eigenvalue weighted by molar-refractivity contribution is 4.89. The predicted octanol–water partition coefficient (Wildman–Crippen LogP) is 2.16. The van der Waals surface area contributed by atoms with Crippen LogP contribution in [0.15, 0.2) is 6.33 Å². The molecule has 0 amide bonds. The van der Waals surface area contributed by atoms with Gasteiger partial charge >= 0.3 is 0 Å². The average molecular weight is 250 g/mol. The highest BCUT2D eigenvalue weighted by Gasteiger charge is 2.24. The average Bonchev–Trinajstić information content (AvgIpc) is 2.64. The van der Waals surface area contributed by atoms with Crippen molar-refractivity contribution in [2.75, 3.05) is 13.1 Å². The van der Waals surface area contributed by atoms with Crippen LogP contribution in [-0.2, 0) is 13.5 Å². The number of nitrogens with zero attached hydrogens (tertiary/aromatic N) is 3. The fraction of sp³-hybridized carbons (Fsp3) is 0.857. The van der Waals surface area contributed by atoms with Crippen LogP contribution in [0.25, 0.3) is 0 Å². The van der Waals surface area contributed by atoms with Gasteiger partial charge < -0.3 is 5.32 Å². The van der Waals surface area contributed by atoms with Crippen LogP contribution < -0.4 is 5.32 Å². The topological polar surface area (TPSA) is 42.7 Å². The van der Waals surface area contributed by atoms with Gasteiger partial charge in [-0.15, -0.1) is 0 Å². The third-order valence-corrected chi connectivity index (χ3v) is 4.22. The maximum Gasteiger partial charge on any atom is 0.138 e. The molecule has 4 nitrogen and oxygen atoms in total. The van der Waals surface area contributed by atoms with Crippen LogP contribution in [-0.4, -0.2) is 27.9 Å². The molecule has 2 atom stereocenters. The van der Waals surface area contributed by atoms with Crippen LogP contribution in [0.2, 0.25) is 0 Å². The molecule has 1 heterocycles. The maximum absolute atomic E-state index is 4.39. The SMILES string of the molecule is CCNCC1CCCCCC1Cc1ncnn1C. The van der Waals surface area contributed by atoms with Crippen molar-refractivity contribution in [3.8, 4) is 0 Å². The quantitative estimate of drug-likeness (QED) is 0.814. The van der Waals surface area contributed by atoms with Crippen LogP contribution in [0.4, 0.5) is 0 Å². The first kappa shape index (κ1) is 13.5. The van der Waals surface area contributed by atoms with Crippen molar-refractivity contribution in [1.29, 1.82) is 0 Å². The number of hydrogen-bond donors (Lipinski definition) is 1. The Morgan fingerprint density at radius 3 is 2.72 bits per heavy atom. The molecule has 1 aliphatic rings. The number of nitrogens with one attached hydrogen (secondary N) is 1. The second kappa shape index (κ2) is 6.88. The smallest absolute Gasteiger partial charge is 0.138 e. The van der Waals surface area contributed by atoms with Gasteiger partial charge in [-0.3, -0.25) is 4.68 Å². The van der Waals surface area contributed by atoms with E-state index in [4.69, 9.17) is 0 Å². The maximum atomic E-state index is 4.39. The van der Waals surface area contributed by atoms with E-state index in [2.05, 4.69) is 22.3 Å². The molecule has 18 heavy (non-hydrogen) atoms. The van der Waals surface area contributed by atoms with Crippen molar-refractivity contribution in [2.24, 2.45) is 18.9 Å². The Morgan fingerprint density at radius 1 is 1.28 bits per heavy atom. The van der Waals surface area contributed by atoms with Crippen LogP contribution in [0, 0.1) is 11.8 Å². The minimum atomic E-state index is 0.773. The van der Waals surface area contributed by atoms with Gasteiger partial charge in [-0.2, -0.15) is 5.10 Å². The summed E-state index contributed by atoms with van der Waals surface area (Å²) in [5.41, 5.74) is 0. The van der Waals surface area contributed by atoms with Crippen molar-refractivity contribution >= 4 is 0 Å². The molecule has 1 fully saturated rings. The lowest BCUT2D eigenvalue weighted by Gasteiger charge is -2.25. The Morgan fingerprint density at radius 2 is 2.06 bits per heavy atom. The summed E-state index contributed by atoms with van der Waals surface area (Å²) >= 11 is 0. The normalized spacial score (nSPS) is 25.0. The second-order valence-electron chi connectivity index (χ2n) is 5.47. The van der Waals surface area contributed by atoms with E-state index in [1.165, 1.54) is 38.6 Å². The van der Waals surface area contributed by atoms with Crippen molar-refractivity contribution in [3.63, 3.8) is 0 Å². The second-order valence-corrected chi connectivity index (χ2v) is 5.47. The molecule has 1 saturated carbocycles. The van der Waals surface area contributed by atoms with Gasteiger partial charge in [-0.1, -0.05) is 26.2 Å². The first-order valence-corrected chi connectivity index (χ1v) is 7.34. The summed E-state index contributed by atoms with van der Waals surface area (Å²) in [6.07, 6.45) is 9.66. The van der Waals surface area contributed by atoms with Gasteiger partial charge in [0.25, 0.3) is 0 Å². The van der Waals surface area contributed by atoms with Crippen LogP contribution in [0.5, 0.6) is 0 Å². The predicted molar refractivity (Wildman–Crippen MR) is 73.3 cm³/mol. The molecule has 2 rings (SSSR count). The van der Waals surface area contributed by atoms with E-state index < -0.39 is 0 Å². The molecule has 0 bridgehead atoms. The third kappa shape index (κ3) is 3.55. The monoisotopic (exact) mass is 250 g/mol. The van der Waals surface area contributed by atoms with Gasteiger partial charge in [0.15, 0.2) is 0 Å². The summed E-state index contributed by atoms with van der Waals surface area (Å²) in [4.78, 5) is 4.39. The zero-order valence-electron chi connectivity index (χ0n) is 11.7. The van der Waals surface area contributed by atoms with E-state index >= 15 is 0 Å². The summed E-state index contributed by atoms with van der Waals surface area (Å²) in [5.74, 6) is 2.72. The minimum Gasteiger partial charge on any atom is -0.317 e. The molecule has 0 spiro atoms. The molecule has 1 aromatic rings. The van der Waals surface area contributed by atoms with Gasteiger partial charge in [-0.05, 0) is 37.8 Å². The molecule has 4 heteroatoms. The summed E-state index contributed by atoms with van der Waals surface area (Å²) in [5, 5.41) is 7.71. The fourth-order valence-corrected chi connectivity index (χ4v) is 3.07. The fourth-order valence-electron chi connectivity index (χ4n) is 3.07. The molecule has 2 unspecified atom stereocenters.